The Morgan fingerprint density at radius 2 is 2.11 bits per heavy atom. The molecule has 0 saturated heterocycles. The maximum atomic E-state index is 14.6. The largest absolute Gasteiger partial charge is 0.477 e. The molecular weight excluding hydrogens is 361 g/mol. The van der Waals surface area contributed by atoms with E-state index in [1.807, 2.05) is 20.0 Å². The fourth-order valence-electron chi connectivity index (χ4n) is 3.00. The Morgan fingerprint density at radius 1 is 1.21 bits per heavy atom. The zero-order chi connectivity index (χ0) is 19.5. The Balaban J connectivity index is 1.58. The van der Waals surface area contributed by atoms with Crippen LogP contribution in [0.15, 0.2) is 37.1 Å². The summed E-state index contributed by atoms with van der Waals surface area (Å²) in [6.07, 6.45) is 7.11. The predicted molar refractivity (Wildman–Crippen MR) is 103 cm³/mol. The Morgan fingerprint density at radius 3 is 2.86 bits per heavy atom. The fourth-order valence-corrected chi connectivity index (χ4v) is 3.00. The number of fused-ring (bicyclic) bond motifs is 1. The summed E-state index contributed by atoms with van der Waals surface area (Å²) < 4.78 is 22.0. The van der Waals surface area contributed by atoms with Gasteiger partial charge in [0.2, 0.25) is 11.8 Å². The number of halogens is 1. The maximum Gasteiger partial charge on any atom is 0.226 e. The standard InChI is InChI=1S/C19H20FN7O/c1-3-27-10-14(9-24-27)25-15-6-5-12(17(20)26-15)7-13-8-21-18-16(13)19(28-4-2)23-11-22-18/h5-6,8-11H,3-4,7H2,1-2H3,(H,25,26)(H,21,22,23). The van der Waals surface area contributed by atoms with E-state index in [9.17, 15) is 4.39 Å². The first-order valence-corrected chi connectivity index (χ1v) is 9.06. The number of nitrogens with one attached hydrogen (secondary N) is 2. The molecule has 4 aromatic rings. The van der Waals surface area contributed by atoms with Gasteiger partial charge in [-0.15, -0.1) is 0 Å². The highest BCUT2D eigenvalue weighted by Crippen LogP contribution is 2.28. The molecule has 9 heteroatoms. The first-order valence-electron chi connectivity index (χ1n) is 9.06. The van der Waals surface area contributed by atoms with Gasteiger partial charge in [0.25, 0.3) is 0 Å². The fraction of sp³-hybridized carbons (Fsp3) is 0.263. The molecule has 0 aliphatic carbocycles. The minimum Gasteiger partial charge on any atom is -0.477 e. The molecule has 4 rings (SSSR count). The van der Waals surface area contributed by atoms with Crippen LogP contribution < -0.4 is 10.1 Å². The van der Waals surface area contributed by atoms with Gasteiger partial charge < -0.3 is 15.0 Å². The molecule has 4 aromatic heterocycles. The van der Waals surface area contributed by atoms with Gasteiger partial charge in [0.05, 0.1) is 23.9 Å². The highest BCUT2D eigenvalue weighted by Gasteiger charge is 2.15. The van der Waals surface area contributed by atoms with Crippen LogP contribution in [-0.4, -0.2) is 36.3 Å². The van der Waals surface area contributed by atoms with E-state index >= 15 is 0 Å². The molecule has 0 bridgehead atoms. The van der Waals surface area contributed by atoms with Crippen molar-refractivity contribution in [3.63, 3.8) is 0 Å². The molecule has 0 aromatic carbocycles. The average molecular weight is 381 g/mol. The van der Waals surface area contributed by atoms with Crippen LogP contribution in [0.25, 0.3) is 11.0 Å². The first kappa shape index (κ1) is 17.9. The SMILES string of the molecule is CCOc1ncnc2[nH]cc(Cc3ccc(Nc4cnn(CC)c4)nc3F)c12. The van der Waals surface area contributed by atoms with Crippen LogP contribution in [0.5, 0.6) is 5.88 Å². The van der Waals surface area contributed by atoms with Crippen LogP contribution in [0, 0.1) is 5.95 Å². The van der Waals surface area contributed by atoms with Crippen molar-refractivity contribution in [2.45, 2.75) is 26.8 Å². The third kappa shape index (κ3) is 3.51. The summed E-state index contributed by atoms with van der Waals surface area (Å²) >= 11 is 0. The summed E-state index contributed by atoms with van der Waals surface area (Å²) in [5.74, 6) is 0.384. The van der Waals surface area contributed by atoms with Crippen molar-refractivity contribution in [2.24, 2.45) is 0 Å². The predicted octanol–water partition coefficient (Wildman–Crippen LogP) is 3.44. The number of hydrogen-bond donors (Lipinski definition) is 2. The molecule has 2 N–H and O–H groups in total. The second-order valence-electron chi connectivity index (χ2n) is 6.18. The number of hydrogen-bond acceptors (Lipinski definition) is 6. The van der Waals surface area contributed by atoms with Crippen molar-refractivity contribution in [2.75, 3.05) is 11.9 Å². The summed E-state index contributed by atoms with van der Waals surface area (Å²) in [5.41, 5.74) is 2.75. The zero-order valence-electron chi connectivity index (χ0n) is 15.6. The van der Waals surface area contributed by atoms with Gasteiger partial charge in [0.1, 0.15) is 17.8 Å². The smallest absolute Gasteiger partial charge is 0.226 e. The third-order valence-electron chi connectivity index (χ3n) is 4.33. The van der Waals surface area contributed by atoms with Crippen molar-refractivity contribution >= 4 is 22.5 Å². The Kier molecular flexibility index (Phi) is 4.88. The lowest BCUT2D eigenvalue weighted by molar-refractivity contribution is 0.330. The van der Waals surface area contributed by atoms with Gasteiger partial charge in [-0.2, -0.15) is 9.49 Å². The number of H-pyrrole nitrogens is 1. The summed E-state index contributed by atoms with van der Waals surface area (Å²) in [6.45, 7) is 5.14. The van der Waals surface area contributed by atoms with Crippen LogP contribution in [0.2, 0.25) is 0 Å². The molecule has 0 atom stereocenters. The Bertz CT molecular complexity index is 1100. The highest BCUT2D eigenvalue weighted by molar-refractivity contribution is 5.85. The molecule has 0 fully saturated rings. The number of pyridine rings is 1. The summed E-state index contributed by atoms with van der Waals surface area (Å²) in [5, 5.41) is 8.00. The number of anilines is 2. The van der Waals surface area contributed by atoms with Gasteiger partial charge in [-0.3, -0.25) is 4.68 Å². The molecule has 0 saturated carbocycles. The van der Waals surface area contributed by atoms with E-state index in [0.717, 1.165) is 23.2 Å². The van der Waals surface area contributed by atoms with E-state index < -0.39 is 5.95 Å². The molecule has 0 amide bonds. The van der Waals surface area contributed by atoms with Crippen LogP contribution in [-0.2, 0) is 13.0 Å². The Hall–Kier alpha value is -3.49. The quantitative estimate of drug-likeness (QED) is 0.476. The molecule has 144 valence electrons. The van der Waals surface area contributed by atoms with Crippen LogP contribution in [0.4, 0.5) is 15.9 Å². The van der Waals surface area contributed by atoms with Crippen LogP contribution in [0.1, 0.15) is 25.0 Å². The monoisotopic (exact) mass is 381 g/mol. The van der Waals surface area contributed by atoms with E-state index in [-0.39, 0.29) is 0 Å². The number of aromatic nitrogens is 6. The van der Waals surface area contributed by atoms with Gasteiger partial charge in [0, 0.05) is 30.9 Å². The summed E-state index contributed by atoms with van der Waals surface area (Å²) in [6, 6.07) is 3.47. The molecule has 0 unspecified atom stereocenters. The lowest BCUT2D eigenvalue weighted by atomic mass is 10.1. The van der Waals surface area contributed by atoms with Crippen molar-refractivity contribution in [1.29, 1.82) is 0 Å². The molecule has 28 heavy (non-hydrogen) atoms. The van der Waals surface area contributed by atoms with Crippen molar-refractivity contribution < 1.29 is 9.13 Å². The van der Waals surface area contributed by atoms with E-state index in [2.05, 4.69) is 30.4 Å². The molecule has 0 aliphatic heterocycles. The summed E-state index contributed by atoms with van der Waals surface area (Å²) in [7, 11) is 0. The first-order chi connectivity index (χ1) is 13.7. The minimum atomic E-state index is -0.531. The van der Waals surface area contributed by atoms with Gasteiger partial charge in [-0.05, 0) is 25.5 Å². The molecule has 0 radical (unpaired) electrons. The number of aryl methyl sites for hydroxylation is 1. The summed E-state index contributed by atoms with van der Waals surface area (Å²) in [4.78, 5) is 15.5. The van der Waals surface area contributed by atoms with Crippen LogP contribution in [0.3, 0.4) is 0 Å². The average Bonchev–Trinajstić information content (AvgIpc) is 3.32. The van der Waals surface area contributed by atoms with Gasteiger partial charge in [0.15, 0.2) is 0 Å². The number of ether oxygens (including phenoxy) is 1. The second-order valence-corrected chi connectivity index (χ2v) is 6.18. The lowest BCUT2D eigenvalue weighted by Gasteiger charge is -2.07. The van der Waals surface area contributed by atoms with Gasteiger partial charge in [-0.25, -0.2) is 15.0 Å². The number of rotatable bonds is 7. The number of nitrogens with zero attached hydrogens (tertiary/aromatic N) is 5. The van der Waals surface area contributed by atoms with Crippen LogP contribution >= 0.6 is 0 Å². The van der Waals surface area contributed by atoms with Gasteiger partial charge >= 0.3 is 0 Å². The lowest BCUT2D eigenvalue weighted by Crippen LogP contribution is -2.01. The molecule has 4 heterocycles. The highest BCUT2D eigenvalue weighted by atomic mass is 19.1. The molecule has 0 aliphatic rings. The third-order valence-corrected chi connectivity index (χ3v) is 4.33. The molecular formula is C19H20FN7O. The van der Waals surface area contributed by atoms with Crippen molar-refractivity contribution in [3.8, 4) is 5.88 Å². The van der Waals surface area contributed by atoms with E-state index in [1.165, 1.54) is 6.33 Å². The Labute approximate surface area is 160 Å². The van der Waals surface area contributed by atoms with E-state index in [4.69, 9.17) is 4.74 Å². The number of aromatic amines is 1. The van der Waals surface area contributed by atoms with Crippen molar-refractivity contribution in [3.05, 3.63) is 54.1 Å². The zero-order valence-corrected chi connectivity index (χ0v) is 15.6. The molecule has 0 spiro atoms. The maximum absolute atomic E-state index is 14.6. The molecule has 8 nitrogen and oxygen atoms in total. The van der Waals surface area contributed by atoms with E-state index in [0.29, 0.717) is 35.9 Å². The van der Waals surface area contributed by atoms with Crippen molar-refractivity contribution in [1.82, 2.24) is 29.7 Å². The minimum absolute atomic E-state index is 0.348. The second kappa shape index (κ2) is 7.63. The normalized spacial score (nSPS) is 11.1. The van der Waals surface area contributed by atoms with E-state index in [1.54, 1.807) is 29.2 Å². The topological polar surface area (TPSA) is 93.5 Å². The van der Waals surface area contributed by atoms with Gasteiger partial charge in [-0.1, -0.05) is 6.07 Å².